The number of esters is 1. The zero-order valence-electron chi connectivity index (χ0n) is 21.4. The normalized spacial score (nSPS) is 20.0. The Labute approximate surface area is 217 Å². The fraction of sp³-hybridized carbons (Fsp3) is 0.448. The van der Waals surface area contributed by atoms with E-state index in [4.69, 9.17) is 15.0 Å². The minimum absolute atomic E-state index is 0.0508. The molecular formula is C29H33N5O3. The predicted octanol–water partition coefficient (Wildman–Crippen LogP) is 3.90. The smallest absolute Gasteiger partial charge is 0.309 e. The lowest BCUT2D eigenvalue weighted by Crippen LogP contribution is -2.39. The number of nitrogens with one attached hydrogen (secondary N) is 2. The third kappa shape index (κ3) is 5.23. The minimum Gasteiger partial charge on any atom is -0.469 e. The van der Waals surface area contributed by atoms with Crippen LogP contribution < -0.4 is 10.9 Å². The molecule has 2 N–H and O–H groups in total. The van der Waals surface area contributed by atoms with Crippen LogP contribution in [0.3, 0.4) is 0 Å². The van der Waals surface area contributed by atoms with Gasteiger partial charge in [-0.25, -0.2) is 10.4 Å². The number of nitrogens with zero attached hydrogens (tertiary/aromatic N) is 3. The number of aliphatic imine (C=N–C) groups is 1. The molecule has 192 valence electrons. The van der Waals surface area contributed by atoms with Crippen LogP contribution in [0.2, 0.25) is 0 Å². The highest BCUT2D eigenvalue weighted by Crippen LogP contribution is 2.39. The molecule has 8 heteroatoms. The summed E-state index contributed by atoms with van der Waals surface area (Å²) in [5.41, 5.74) is 11.9. The van der Waals surface area contributed by atoms with Gasteiger partial charge in [-0.2, -0.15) is 5.26 Å². The van der Waals surface area contributed by atoms with E-state index in [1.165, 1.54) is 24.7 Å². The van der Waals surface area contributed by atoms with Crippen molar-refractivity contribution in [3.63, 3.8) is 0 Å². The third-order valence-corrected chi connectivity index (χ3v) is 7.95. The van der Waals surface area contributed by atoms with Gasteiger partial charge in [-0.05, 0) is 79.3 Å². The highest BCUT2D eigenvalue weighted by atomic mass is 16.5. The first-order valence-electron chi connectivity index (χ1n) is 13.1. The molecule has 0 bridgehead atoms. The number of hydrazine groups is 1. The number of rotatable bonds is 6. The number of ether oxygens (including phenoxy) is 1. The van der Waals surface area contributed by atoms with E-state index in [0.29, 0.717) is 41.9 Å². The lowest BCUT2D eigenvalue weighted by molar-refractivity contribution is -0.141. The molecule has 5 rings (SSSR count). The largest absolute Gasteiger partial charge is 0.469 e. The van der Waals surface area contributed by atoms with Crippen molar-refractivity contribution in [1.82, 2.24) is 15.8 Å². The molecule has 8 nitrogen and oxygen atoms in total. The Morgan fingerprint density at radius 2 is 1.84 bits per heavy atom. The number of amidine groups is 1. The number of nitriles is 1. The summed E-state index contributed by atoms with van der Waals surface area (Å²) in [4.78, 5) is 32.1. The number of piperidine rings is 1. The average Bonchev–Trinajstić information content (AvgIpc) is 3.35. The van der Waals surface area contributed by atoms with Gasteiger partial charge in [0.25, 0.3) is 5.91 Å². The van der Waals surface area contributed by atoms with Crippen LogP contribution in [0.5, 0.6) is 0 Å². The highest BCUT2D eigenvalue weighted by molar-refractivity contribution is 6.04. The molecule has 2 fully saturated rings. The topological polar surface area (TPSA) is 107 Å². The first-order chi connectivity index (χ1) is 18.0. The zero-order chi connectivity index (χ0) is 25.9. The summed E-state index contributed by atoms with van der Waals surface area (Å²) in [6.07, 6.45) is 5.01. The second-order valence-corrected chi connectivity index (χ2v) is 10.2. The number of likely N-dealkylation sites (tertiary alicyclic amines) is 1. The maximum atomic E-state index is 13.7. The molecule has 1 amide bonds. The molecule has 2 heterocycles. The van der Waals surface area contributed by atoms with Crippen molar-refractivity contribution in [3.05, 3.63) is 69.8 Å². The van der Waals surface area contributed by atoms with Crippen molar-refractivity contribution in [3.8, 4) is 6.07 Å². The van der Waals surface area contributed by atoms with Crippen molar-refractivity contribution in [2.75, 3.05) is 20.2 Å². The van der Waals surface area contributed by atoms with Crippen molar-refractivity contribution in [1.29, 1.82) is 5.26 Å². The summed E-state index contributed by atoms with van der Waals surface area (Å²) in [5, 5.41) is 9.05. The van der Waals surface area contributed by atoms with Crippen molar-refractivity contribution >= 4 is 17.7 Å². The zero-order valence-corrected chi connectivity index (χ0v) is 21.4. The van der Waals surface area contributed by atoms with Gasteiger partial charge in [-0.1, -0.05) is 24.6 Å². The summed E-state index contributed by atoms with van der Waals surface area (Å²) in [6.45, 7) is 3.42. The molecule has 1 aliphatic carbocycles. The Hall–Kier alpha value is -3.70. The standard InChI is InChI=1S/C29H33N5O3/c1-18-14-24(22-4-3-5-22)25(28-31-26(32-33-28)16-27(35)37-2)15-23(18)29(36)34-12-10-21(11-13-34)20-8-6-19(17-30)7-9-20/h6-9,14-15,21-22,26,32H,3-5,10-13,16H2,1-2H3,(H,31,33). The second-order valence-electron chi connectivity index (χ2n) is 10.2. The van der Waals surface area contributed by atoms with Crippen LogP contribution in [0.4, 0.5) is 0 Å². The van der Waals surface area contributed by atoms with Crippen LogP contribution in [0.15, 0.2) is 41.4 Å². The van der Waals surface area contributed by atoms with Crippen LogP contribution in [0, 0.1) is 18.3 Å². The molecule has 2 aromatic carbocycles. The van der Waals surface area contributed by atoms with Gasteiger partial charge in [-0.15, -0.1) is 0 Å². The van der Waals surface area contributed by atoms with E-state index in [1.807, 2.05) is 42.2 Å². The predicted molar refractivity (Wildman–Crippen MR) is 140 cm³/mol. The number of hydrogen-bond donors (Lipinski definition) is 2. The van der Waals surface area contributed by atoms with E-state index in [0.717, 1.165) is 36.8 Å². The lowest BCUT2D eigenvalue weighted by atomic mass is 9.77. The van der Waals surface area contributed by atoms with Gasteiger partial charge in [-0.3, -0.25) is 9.59 Å². The lowest BCUT2D eigenvalue weighted by Gasteiger charge is -2.33. The fourth-order valence-electron chi connectivity index (χ4n) is 5.49. The molecule has 3 aliphatic rings. The number of carbonyl (C=O) groups is 2. The van der Waals surface area contributed by atoms with Gasteiger partial charge in [0.05, 0.1) is 25.2 Å². The highest BCUT2D eigenvalue weighted by Gasteiger charge is 2.31. The number of aryl methyl sites for hydroxylation is 1. The molecule has 0 spiro atoms. The number of amides is 1. The summed E-state index contributed by atoms with van der Waals surface area (Å²) < 4.78 is 4.78. The molecule has 0 aromatic heterocycles. The maximum Gasteiger partial charge on any atom is 0.309 e. The van der Waals surface area contributed by atoms with E-state index in [9.17, 15) is 9.59 Å². The summed E-state index contributed by atoms with van der Waals surface area (Å²) in [6, 6.07) is 14.1. The average molecular weight is 500 g/mol. The monoisotopic (exact) mass is 499 g/mol. The van der Waals surface area contributed by atoms with Gasteiger partial charge in [0.15, 0.2) is 0 Å². The Morgan fingerprint density at radius 1 is 1.11 bits per heavy atom. The van der Waals surface area contributed by atoms with Crippen LogP contribution in [-0.2, 0) is 9.53 Å². The number of benzene rings is 2. The SMILES string of the molecule is COC(=O)CC1N=C(c2cc(C(=O)N3CCC(c4ccc(C#N)cc4)CC3)c(C)cc2C2CCC2)NN1. The van der Waals surface area contributed by atoms with Crippen molar-refractivity contribution < 1.29 is 14.3 Å². The van der Waals surface area contributed by atoms with Gasteiger partial charge >= 0.3 is 5.97 Å². The molecule has 2 aliphatic heterocycles. The first kappa shape index (κ1) is 25.0. The maximum absolute atomic E-state index is 13.7. The molecule has 1 atom stereocenters. The van der Waals surface area contributed by atoms with E-state index >= 15 is 0 Å². The fourth-order valence-corrected chi connectivity index (χ4v) is 5.49. The Morgan fingerprint density at radius 3 is 2.46 bits per heavy atom. The molecular weight excluding hydrogens is 466 g/mol. The van der Waals surface area contributed by atoms with E-state index in [2.05, 4.69) is 23.0 Å². The molecule has 1 saturated heterocycles. The van der Waals surface area contributed by atoms with Crippen LogP contribution in [0.25, 0.3) is 0 Å². The summed E-state index contributed by atoms with van der Waals surface area (Å²) >= 11 is 0. The van der Waals surface area contributed by atoms with Gasteiger partial charge in [0.2, 0.25) is 0 Å². The van der Waals surface area contributed by atoms with Crippen molar-refractivity contribution in [2.24, 2.45) is 4.99 Å². The van der Waals surface area contributed by atoms with Gasteiger partial charge < -0.3 is 15.1 Å². The first-order valence-corrected chi connectivity index (χ1v) is 13.1. The van der Waals surface area contributed by atoms with Gasteiger partial charge in [0.1, 0.15) is 12.0 Å². The Balaban J connectivity index is 1.35. The Bertz CT molecular complexity index is 1250. The molecule has 37 heavy (non-hydrogen) atoms. The quantitative estimate of drug-likeness (QED) is 0.584. The third-order valence-electron chi connectivity index (χ3n) is 7.95. The van der Waals surface area contributed by atoms with E-state index < -0.39 is 6.17 Å². The van der Waals surface area contributed by atoms with Crippen LogP contribution >= 0.6 is 0 Å². The van der Waals surface area contributed by atoms with Crippen LogP contribution in [0.1, 0.15) is 88.5 Å². The number of carbonyl (C=O) groups excluding carboxylic acids is 2. The van der Waals surface area contributed by atoms with Crippen LogP contribution in [-0.4, -0.2) is 49.0 Å². The van der Waals surface area contributed by atoms with Gasteiger partial charge in [0, 0.05) is 24.2 Å². The van der Waals surface area contributed by atoms with Crippen molar-refractivity contribution in [2.45, 2.75) is 63.5 Å². The molecule has 1 saturated carbocycles. The number of hydrogen-bond acceptors (Lipinski definition) is 7. The Kier molecular flexibility index (Phi) is 7.24. The summed E-state index contributed by atoms with van der Waals surface area (Å²) in [7, 11) is 1.37. The summed E-state index contributed by atoms with van der Waals surface area (Å²) in [5.74, 6) is 1.25. The number of methoxy groups -OCH3 is 1. The van der Waals surface area contributed by atoms with E-state index in [1.54, 1.807) is 0 Å². The molecule has 2 aromatic rings. The van der Waals surface area contributed by atoms with E-state index in [-0.39, 0.29) is 18.3 Å². The molecule has 1 unspecified atom stereocenters. The molecule has 0 radical (unpaired) electrons. The second kappa shape index (κ2) is 10.7. The minimum atomic E-state index is -0.404.